The molecule has 3 heterocycles. The third kappa shape index (κ3) is 3.38. The fourth-order valence-corrected chi connectivity index (χ4v) is 6.04. The van der Waals surface area contributed by atoms with Gasteiger partial charge in [-0.2, -0.15) is 5.26 Å². The van der Waals surface area contributed by atoms with Crippen LogP contribution in [0.15, 0.2) is 65.2 Å². The number of benzene rings is 2. The second kappa shape index (κ2) is 8.43. The first-order valence-electron chi connectivity index (χ1n) is 12.6. The molecule has 35 heavy (non-hydrogen) atoms. The summed E-state index contributed by atoms with van der Waals surface area (Å²) in [5.41, 5.74) is 9.00. The van der Waals surface area contributed by atoms with Crippen LogP contribution in [0.5, 0.6) is 0 Å². The molecule has 1 aliphatic carbocycles. The molecule has 6 rings (SSSR count). The molecule has 0 radical (unpaired) electrons. The summed E-state index contributed by atoms with van der Waals surface area (Å²) >= 11 is 0. The Morgan fingerprint density at radius 1 is 0.914 bits per heavy atom. The fraction of sp³-hybridized carbons (Fsp3) is 0.290. The number of fused-ring (bicyclic) bond motifs is 3. The summed E-state index contributed by atoms with van der Waals surface area (Å²) in [5, 5.41) is 12.2. The van der Waals surface area contributed by atoms with E-state index in [2.05, 4.69) is 78.8 Å². The molecule has 1 saturated carbocycles. The van der Waals surface area contributed by atoms with Crippen molar-refractivity contribution in [1.29, 1.82) is 5.26 Å². The zero-order chi connectivity index (χ0) is 24.1. The molecule has 0 saturated heterocycles. The van der Waals surface area contributed by atoms with Crippen LogP contribution in [0.4, 0.5) is 0 Å². The van der Waals surface area contributed by atoms with Gasteiger partial charge in [-0.15, -0.1) is 0 Å². The molecule has 0 atom stereocenters. The van der Waals surface area contributed by atoms with Crippen molar-refractivity contribution in [3.63, 3.8) is 0 Å². The van der Waals surface area contributed by atoms with Crippen molar-refractivity contribution >= 4 is 21.9 Å². The standard InChI is InChI=1S/C31H30N3O/c1-20-12-14-23-24-15-13-22(19-32)29(27-17-16-25(34(27)3)21-9-5-4-6-10-21)31(24)35-30(23)28(20)26-11-7-8-18-33(26)2/h7-8,11-18,21H,4-6,9-10H2,1-3H3/q+1. The molecule has 0 amide bonds. The van der Waals surface area contributed by atoms with E-state index in [0.29, 0.717) is 11.5 Å². The van der Waals surface area contributed by atoms with Crippen LogP contribution >= 0.6 is 0 Å². The first kappa shape index (κ1) is 21.7. The van der Waals surface area contributed by atoms with Crippen LogP contribution in [0.2, 0.25) is 0 Å². The van der Waals surface area contributed by atoms with Crippen molar-refractivity contribution in [2.45, 2.75) is 44.9 Å². The number of pyridine rings is 1. The molecule has 0 aliphatic heterocycles. The third-order valence-corrected chi connectivity index (χ3v) is 7.89. The van der Waals surface area contributed by atoms with Gasteiger partial charge in [0.05, 0.1) is 28.5 Å². The molecule has 0 unspecified atom stereocenters. The van der Waals surface area contributed by atoms with Crippen LogP contribution in [-0.4, -0.2) is 4.57 Å². The lowest BCUT2D eigenvalue weighted by Crippen LogP contribution is -2.30. The van der Waals surface area contributed by atoms with E-state index >= 15 is 0 Å². The SMILES string of the molecule is Cc1ccc2c(oc3c(-c4ccc(C5CCCCC5)n4C)c(C#N)ccc32)c1-c1cccc[n+]1C. The Balaban J connectivity index is 1.63. The van der Waals surface area contributed by atoms with Crippen LogP contribution in [-0.2, 0) is 14.1 Å². The van der Waals surface area contributed by atoms with Crippen LogP contribution < -0.4 is 4.57 Å². The van der Waals surface area contributed by atoms with Gasteiger partial charge in [0.15, 0.2) is 6.20 Å². The minimum atomic E-state index is 0.593. The predicted octanol–water partition coefficient (Wildman–Crippen LogP) is 7.31. The third-order valence-electron chi connectivity index (χ3n) is 7.89. The molecule has 3 aromatic heterocycles. The van der Waals surface area contributed by atoms with Crippen LogP contribution in [0.1, 0.15) is 54.8 Å². The number of rotatable bonds is 3. The first-order valence-corrected chi connectivity index (χ1v) is 12.6. The summed E-state index contributed by atoms with van der Waals surface area (Å²) in [5.74, 6) is 0.593. The highest BCUT2D eigenvalue weighted by molar-refractivity contribution is 6.13. The highest BCUT2D eigenvalue weighted by Gasteiger charge is 2.25. The fourth-order valence-electron chi connectivity index (χ4n) is 6.04. The second-order valence-corrected chi connectivity index (χ2v) is 9.95. The Kier molecular flexibility index (Phi) is 5.22. The summed E-state index contributed by atoms with van der Waals surface area (Å²) < 4.78 is 11.2. The molecular weight excluding hydrogens is 430 g/mol. The van der Waals surface area contributed by atoms with Gasteiger partial charge in [0.1, 0.15) is 18.2 Å². The van der Waals surface area contributed by atoms with Crippen molar-refractivity contribution < 1.29 is 8.98 Å². The molecule has 174 valence electrons. The van der Waals surface area contributed by atoms with E-state index in [1.54, 1.807) is 0 Å². The Hall–Kier alpha value is -3.84. The van der Waals surface area contributed by atoms with Crippen LogP contribution in [0.25, 0.3) is 44.5 Å². The first-order chi connectivity index (χ1) is 17.1. The van der Waals surface area contributed by atoms with Gasteiger partial charge in [-0.25, -0.2) is 4.57 Å². The monoisotopic (exact) mass is 460 g/mol. The normalized spacial score (nSPS) is 14.6. The smallest absolute Gasteiger partial charge is 0.216 e. The molecule has 4 heteroatoms. The van der Waals surface area contributed by atoms with Crippen LogP contribution in [0.3, 0.4) is 0 Å². The number of nitriles is 1. The van der Waals surface area contributed by atoms with Gasteiger partial charge >= 0.3 is 0 Å². The van der Waals surface area contributed by atoms with Gasteiger partial charge in [0.25, 0.3) is 0 Å². The van der Waals surface area contributed by atoms with Crippen molar-refractivity contribution in [3.05, 3.63) is 77.6 Å². The summed E-state index contributed by atoms with van der Waals surface area (Å²) in [4.78, 5) is 0. The van der Waals surface area contributed by atoms with E-state index in [4.69, 9.17) is 4.42 Å². The molecule has 0 spiro atoms. The zero-order valence-corrected chi connectivity index (χ0v) is 20.6. The van der Waals surface area contributed by atoms with E-state index in [-0.39, 0.29) is 0 Å². The molecule has 1 fully saturated rings. The van der Waals surface area contributed by atoms with Crippen molar-refractivity contribution in [2.75, 3.05) is 0 Å². The molecule has 5 aromatic rings. The van der Waals surface area contributed by atoms with E-state index in [9.17, 15) is 5.26 Å². The van der Waals surface area contributed by atoms with Crippen molar-refractivity contribution in [3.8, 4) is 28.6 Å². The lowest BCUT2D eigenvalue weighted by atomic mass is 9.87. The summed E-state index contributed by atoms with van der Waals surface area (Å²) in [6, 6.07) is 21.4. The zero-order valence-electron chi connectivity index (χ0n) is 20.6. The van der Waals surface area contributed by atoms with Crippen molar-refractivity contribution in [1.82, 2.24) is 4.57 Å². The van der Waals surface area contributed by atoms with Gasteiger partial charge in [0, 0.05) is 35.6 Å². The van der Waals surface area contributed by atoms with Gasteiger partial charge in [0.2, 0.25) is 5.69 Å². The second-order valence-electron chi connectivity index (χ2n) is 9.95. The average molecular weight is 461 g/mol. The lowest BCUT2D eigenvalue weighted by Gasteiger charge is -2.23. The summed E-state index contributed by atoms with van der Waals surface area (Å²) in [7, 11) is 4.20. The topological polar surface area (TPSA) is 45.7 Å². The van der Waals surface area contributed by atoms with Gasteiger partial charge in [-0.1, -0.05) is 31.4 Å². The molecule has 4 nitrogen and oxygen atoms in total. The Morgan fingerprint density at radius 2 is 1.66 bits per heavy atom. The van der Waals surface area contributed by atoms with E-state index in [1.165, 1.54) is 43.4 Å². The largest absolute Gasteiger partial charge is 0.454 e. The highest BCUT2D eigenvalue weighted by atomic mass is 16.3. The van der Waals surface area contributed by atoms with Crippen LogP contribution in [0, 0.1) is 18.3 Å². The number of furan rings is 1. The molecular formula is C31H30N3O+. The summed E-state index contributed by atoms with van der Waals surface area (Å²) in [6.45, 7) is 2.13. The maximum Gasteiger partial charge on any atom is 0.216 e. The summed E-state index contributed by atoms with van der Waals surface area (Å²) in [6.07, 6.45) is 8.49. The number of hydrogen-bond acceptors (Lipinski definition) is 2. The van der Waals surface area contributed by atoms with Gasteiger partial charge < -0.3 is 8.98 Å². The van der Waals surface area contributed by atoms with E-state index in [1.807, 2.05) is 18.2 Å². The Bertz CT molecular complexity index is 1620. The molecule has 0 N–H and O–H groups in total. The van der Waals surface area contributed by atoms with Crippen molar-refractivity contribution in [2.24, 2.45) is 14.1 Å². The number of nitrogens with zero attached hydrogens (tertiary/aromatic N) is 3. The highest BCUT2D eigenvalue weighted by Crippen LogP contribution is 2.43. The number of hydrogen-bond donors (Lipinski definition) is 0. The maximum atomic E-state index is 10.1. The average Bonchev–Trinajstić information content (AvgIpc) is 3.45. The van der Waals surface area contributed by atoms with E-state index < -0.39 is 0 Å². The number of aryl methyl sites for hydroxylation is 2. The minimum Gasteiger partial charge on any atom is -0.454 e. The molecule has 0 bridgehead atoms. The Morgan fingerprint density at radius 3 is 2.40 bits per heavy atom. The van der Waals surface area contributed by atoms with Gasteiger partial charge in [-0.05, 0) is 61.6 Å². The Labute approximate surface area is 206 Å². The predicted molar refractivity (Wildman–Crippen MR) is 140 cm³/mol. The minimum absolute atomic E-state index is 0.593. The van der Waals surface area contributed by atoms with Gasteiger partial charge in [-0.3, -0.25) is 0 Å². The number of aromatic nitrogens is 2. The quantitative estimate of drug-likeness (QED) is 0.265. The molecule has 1 aliphatic rings. The lowest BCUT2D eigenvalue weighted by molar-refractivity contribution is -0.660. The maximum absolute atomic E-state index is 10.1. The molecule has 2 aromatic carbocycles. The van der Waals surface area contributed by atoms with E-state index in [0.717, 1.165) is 44.5 Å².